The minimum absolute atomic E-state index is 0.402. The fourth-order valence-corrected chi connectivity index (χ4v) is 2.25. The summed E-state index contributed by atoms with van der Waals surface area (Å²) in [6.45, 7) is 2.63. The van der Waals surface area contributed by atoms with Crippen LogP contribution in [0.25, 0.3) is 0 Å². The van der Waals surface area contributed by atoms with Gasteiger partial charge in [-0.25, -0.2) is 4.79 Å². The van der Waals surface area contributed by atoms with Crippen LogP contribution in [0, 0.1) is 6.92 Å². The Bertz CT molecular complexity index is 636. The van der Waals surface area contributed by atoms with Gasteiger partial charge in [0, 0.05) is 25.0 Å². The quantitative estimate of drug-likeness (QED) is 0.692. The Balaban J connectivity index is 2.29. The Kier molecular flexibility index (Phi) is 4.48. The van der Waals surface area contributed by atoms with Crippen molar-refractivity contribution < 1.29 is 9.53 Å². The Morgan fingerprint density at radius 1 is 1.19 bits per heavy atom. The maximum absolute atomic E-state index is 11.9. The number of nitrogen functional groups attached to an aromatic ring is 1. The molecule has 0 saturated heterocycles. The molecule has 110 valence electrons. The zero-order valence-electron chi connectivity index (χ0n) is 12.6. The molecule has 0 aliphatic carbocycles. The van der Waals surface area contributed by atoms with Gasteiger partial charge in [0.2, 0.25) is 0 Å². The van der Waals surface area contributed by atoms with Gasteiger partial charge < -0.3 is 15.4 Å². The number of methoxy groups -OCH3 is 1. The van der Waals surface area contributed by atoms with Crippen molar-refractivity contribution in [2.75, 3.05) is 24.8 Å². The third-order valence-electron chi connectivity index (χ3n) is 3.45. The number of benzene rings is 2. The van der Waals surface area contributed by atoms with Crippen molar-refractivity contribution in [3.8, 4) is 0 Å². The lowest BCUT2D eigenvalue weighted by Crippen LogP contribution is -2.19. The Labute approximate surface area is 125 Å². The molecule has 0 bridgehead atoms. The monoisotopic (exact) mass is 284 g/mol. The van der Waals surface area contributed by atoms with Crippen LogP contribution in [-0.4, -0.2) is 20.1 Å². The van der Waals surface area contributed by atoms with Crippen molar-refractivity contribution in [1.29, 1.82) is 0 Å². The standard InChI is InChI=1S/C17H20N2O2/c1-12-7-9-14(10-8-12)19(2)11-13-5-4-6-15(18)16(13)17(20)21-3/h4-10H,11,18H2,1-3H3. The minimum atomic E-state index is -0.402. The minimum Gasteiger partial charge on any atom is -0.465 e. The van der Waals surface area contributed by atoms with Gasteiger partial charge in [-0.2, -0.15) is 0 Å². The molecule has 0 aliphatic rings. The fourth-order valence-electron chi connectivity index (χ4n) is 2.25. The Morgan fingerprint density at radius 2 is 1.86 bits per heavy atom. The smallest absolute Gasteiger partial charge is 0.340 e. The van der Waals surface area contributed by atoms with E-state index in [2.05, 4.69) is 36.1 Å². The topological polar surface area (TPSA) is 55.6 Å². The summed E-state index contributed by atoms with van der Waals surface area (Å²) in [7, 11) is 3.34. The van der Waals surface area contributed by atoms with E-state index in [1.807, 2.05) is 19.2 Å². The molecule has 4 heteroatoms. The summed E-state index contributed by atoms with van der Waals surface area (Å²) in [5.74, 6) is -0.402. The summed E-state index contributed by atoms with van der Waals surface area (Å²) < 4.78 is 4.82. The van der Waals surface area contributed by atoms with Crippen LogP contribution in [0.3, 0.4) is 0 Å². The number of nitrogens with zero attached hydrogens (tertiary/aromatic N) is 1. The number of hydrogen-bond donors (Lipinski definition) is 1. The molecule has 4 nitrogen and oxygen atoms in total. The van der Waals surface area contributed by atoms with E-state index in [1.165, 1.54) is 12.7 Å². The number of anilines is 2. The maximum atomic E-state index is 11.9. The number of ether oxygens (including phenoxy) is 1. The predicted molar refractivity (Wildman–Crippen MR) is 85.5 cm³/mol. The molecular formula is C17H20N2O2. The molecule has 0 aromatic heterocycles. The molecule has 0 aliphatic heterocycles. The van der Waals surface area contributed by atoms with Gasteiger partial charge in [-0.05, 0) is 30.7 Å². The van der Waals surface area contributed by atoms with Crippen LogP contribution in [0.4, 0.5) is 11.4 Å². The van der Waals surface area contributed by atoms with Gasteiger partial charge in [-0.15, -0.1) is 0 Å². The van der Waals surface area contributed by atoms with E-state index in [0.29, 0.717) is 17.8 Å². The van der Waals surface area contributed by atoms with Gasteiger partial charge in [-0.1, -0.05) is 29.8 Å². The van der Waals surface area contributed by atoms with Gasteiger partial charge in [0.25, 0.3) is 0 Å². The first-order valence-electron chi connectivity index (χ1n) is 6.76. The van der Waals surface area contributed by atoms with Crippen molar-refractivity contribution in [2.24, 2.45) is 0 Å². The summed E-state index contributed by atoms with van der Waals surface area (Å²) in [6.07, 6.45) is 0. The molecule has 2 aromatic rings. The van der Waals surface area contributed by atoms with Crippen LogP contribution in [0.2, 0.25) is 0 Å². The summed E-state index contributed by atoms with van der Waals surface area (Å²) >= 11 is 0. The molecule has 0 radical (unpaired) electrons. The fraction of sp³-hybridized carbons (Fsp3) is 0.235. The van der Waals surface area contributed by atoms with Gasteiger partial charge in [0.1, 0.15) is 0 Å². The molecule has 0 amide bonds. The van der Waals surface area contributed by atoms with E-state index in [4.69, 9.17) is 10.5 Å². The van der Waals surface area contributed by atoms with E-state index >= 15 is 0 Å². The Morgan fingerprint density at radius 3 is 2.48 bits per heavy atom. The first-order chi connectivity index (χ1) is 10.0. The molecule has 2 aromatic carbocycles. The number of rotatable bonds is 4. The van der Waals surface area contributed by atoms with Crippen molar-refractivity contribution >= 4 is 17.3 Å². The largest absolute Gasteiger partial charge is 0.465 e. The SMILES string of the molecule is COC(=O)c1c(N)cccc1CN(C)c1ccc(C)cc1. The van der Waals surface area contributed by atoms with Crippen molar-refractivity contribution in [2.45, 2.75) is 13.5 Å². The number of carbonyl (C=O) groups excluding carboxylic acids is 1. The number of nitrogens with two attached hydrogens (primary N) is 1. The second kappa shape index (κ2) is 6.31. The lowest BCUT2D eigenvalue weighted by molar-refractivity contribution is 0.0600. The van der Waals surface area contributed by atoms with Crippen LogP contribution in [0.1, 0.15) is 21.5 Å². The highest BCUT2D eigenvalue weighted by Crippen LogP contribution is 2.22. The summed E-state index contributed by atoms with van der Waals surface area (Å²) in [6, 6.07) is 13.7. The van der Waals surface area contributed by atoms with E-state index < -0.39 is 5.97 Å². The average molecular weight is 284 g/mol. The first kappa shape index (κ1) is 14.9. The zero-order valence-corrected chi connectivity index (χ0v) is 12.6. The van der Waals surface area contributed by atoms with Gasteiger partial charge in [0.15, 0.2) is 0 Å². The third kappa shape index (κ3) is 3.34. The average Bonchev–Trinajstić information content (AvgIpc) is 2.47. The highest BCUT2D eigenvalue weighted by Gasteiger charge is 2.16. The van der Waals surface area contributed by atoms with Crippen LogP contribution in [0.15, 0.2) is 42.5 Å². The number of hydrogen-bond acceptors (Lipinski definition) is 4. The van der Waals surface area contributed by atoms with Crippen LogP contribution < -0.4 is 10.6 Å². The second-order valence-electron chi connectivity index (χ2n) is 5.06. The Hall–Kier alpha value is -2.49. The van der Waals surface area contributed by atoms with Crippen molar-refractivity contribution in [1.82, 2.24) is 0 Å². The summed E-state index contributed by atoms with van der Waals surface area (Å²) in [5.41, 5.74) is 9.95. The first-order valence-corrected chi connectivity index (χ1v) is 6.76. The van der Waals surface area contributed by atoms with Gasteiger partial charge in [0.05, 0.1) is 12.7 Å². The lowest BCUT2D eigenvalue weighted by Gasteiger charge is -2.21. The highest BCUT2D eigenvalue weighted by atomic mass is 16.5. The molecular weight excluding hydrogens is 264 g/mol. The zero-order chi connectivity index (χ0) is 15.4. The summed E-state index contributed by atoms with van der Waals surface area (Å²) in [4.78, 5) is 14.0. The molecule has 21 heavy (non-hydrogen) atoms. The van der Waals surface area contributed by atoms with E-state index in [-0.39, 0.29) is 0 Å². The second-order valence-corrected chi connectivity index (χ2v) is 5.06. The molecule has 2 N–H and O–H groups in total. The van der Waals surface area contributed by atoms with Crippen LogP contribution >= 0.6 is 0 Å². The normalized spacial score (nSPS) is 10.2. The molecule has 0 atom stereocenters. The maximum Gasteiger partial charge on any atom is 0.340 e. The molecule has 0 fully saturated rings. The molecule has 2 rings (SSSR count). The predicted octanol–water partition coefficient (Wildman–Crippen LogP) is 3.00. The van der Waals surface area contributed by atoms with Crippen LogP contribution in [0.5, 0.6) is 0 Å². The molecule has 0 spiro atoms. The van der Waals surface area contributed by atoms with Crippen molar-refractivity contribution in [3.63, 3.8) is 0 Å². The number of esters is 1. The molecule has 0 unspecified atom stereocenters. The van der Waals surface area contributed by atoms with E-state index in [0.717, 1.165) is 11.3 Å². The number of carbonyl (C=O) groups is 1. The van der Waals surface area contributed by atoms with E-state index in [9.17, 15) is 4.79 Å². The molecule has 0 heterocycles. The third-order valence-corrected chi connectivity index (χ3v) is 3.45. The van der Waals surface area contributed by atoms with E-state index in [1.54, 1.807) is 6.07 Å². The molecule has 0 saturated carbocycles. The van der Waals surface area contributed by atoms with Gasteiger partial charge in [-0.3, -0.25) is 0 Å². The van der Waals surface area contributed by atoms with Gasteiger partial charge >= 0.3 is 5.97 Å². The van der Waals surface area contributed by atoms with Crippen molar-refractivity contribution in [3.05, 3.63) is 59.2 Å². The summed E-state index contributed by atoms with van der Waals surface area (Å²) in [5, 5.41) is 0. The lowest BCUT2D eigenvalue weighted by atomic mass is 10.0. The van der Waals surface area contributed by atoms with Crippen LogP contribution in [-0.2, 0) is 11.3 Å². The highest BCUT2D eigenvalue weighted by molar-refractivity contribution is 5.96. The number of aryl methyl sites for hydroxylation is 1.